The summed E-state index contributed by atoms with van der Waals surface area (Å²) in [5.74, 6) is -1.06. The Kier molecular flexibility index (Phi) is 0.922. The molecular weight excluding hydrogens is 136 g/mol. The second-order valence-electron chi connectivity index (χ2n) is 2.17. The van der Waals surface area contributed by atoms with E-state index >= 15 is 0 Å². The molecule has 4 nitrogen and oxygen atoms in total. The molecule has 54 valence electrons. The molecule has 0 bridgehead atoms. The first-order valence-corrected chi connectivity index (χ1v) is 3.06. The smallest absolute Gasteiger partial charge is 0.429 e. The number of rotatable bonds is 0. The van der Waals surface area contributed by atoms with Gasteiger partial charge in [0.15, 0.2) is 0 Å². The van der Waals surface area contributed by atoms with Gasteiger partial charge in [0.1, 0.15) is 0 Å². The number of ether oxygens (including phenoxy) is 3. The molecule has 4 heteroatoms. The fourth-order valence-corrected chi connectivity index (χ4v) is 0.951. The molecule has 2 aliphatic heterocycles. The Hall–Kier alpha value is -1.19. The van der Waals surface area contributed by atoms with Gasteiger partial charge in [0.25, 0.3) is 0 Å². The van der Waals surface area contributed by atoms with Crippen molar-refractivity contribution in [2.75, 3.05) is 0 Å². The summed E-state index contributed by atoms with van der Waals surface area (Å²) in [5.41, 5.74) is 0. The van der Waals surface area contributed by atoms with Gasteiger partial charge in [-0.25, -0.2) is 4.79 Å². The number of hydrogen-bond donors (Lipinski definition) is 0. The van der Waals surface area contributed by atoms with E-state index in [2.05, 4.69) is 9.47 Å². The van der Waals surface area contributed by atoms with E-state index < -0.39 is 12.1 Å². The highest BCUT2D eigenvalue weighted by Gasteiger charge is 2.51. The molecule has 1 saturated heterocycles. The molecule has 0 aromatic carbocycles. The van der Waals surface area contributed by atoms with Crippen LogP contribution in [-0.4, -0.2) is 12.1 Å². The van der Waals surface area contributed by atoms with Crippen molar-refractivity contribution in [2.45, 2.75) is 18.8 Å². The minimum absolute atomic E-state index is 0.579. The summed E-state index contributed by atoms with van der Waals surface area (Å²) in [6.07, 6.45) is 4.06. The zero-order chi connectivity index (χ0) is 7.03. The molecule has 0 atom stereocenters. The van der Waals surface area contributed by atoms with E-state index in [0.29, 0.717) is 6.42 Å². The molecule has 0 amide bonds. The van der Waals surface area contributed by atoms with Crippen molar-refractivity contribution in [3.8, 4) is 0 Å². The minimum atomic E-state index is -1.06. The summed E-state index contributed by atoms with van der Waals surface area (Å²) < 4.78 is 14.2. The van der Waals surface area contributed by atoms with Crippen LogP contribution in [0.25, 0.3) is 0 Å². The molecule has 1 fully saturated rings. The summed E-state index contributed by atoms with van der Waals surface area (Å²) in [6.45, 7) is 0. The Morgan fingerprint density at radius 3 is 2.80 bits per heavy atom. The first kappa shape index (κ1) is 5.58. The van der Waals surface area contributed by atoms with Gasteiger partial charge in [-0.1, -0.05) is 0 Å². The van der Waals surface area contributed by atoms with Gasteiger partial charge in [-0.05, 0) is 12.5 Å². The van der Waals surface area contributed by atoms with Crippen LogP contribution in [0.2, 0.25) is 0 Å². The highest BCUT2D eigenvalue weighted by atomic mass is 17.0. The Morgan fingerprint density at radius 2 is 2.30 bits per heavy atom. The maximum absolute atomic E-state index is 10.2. The summed E-state index contributed by atoms with van der Waals surface area (Å²) in [4.78, 5) is 10.2. The molecule has 0 unspecified atom stereocenters. The Balaban J connectivity index is 2.05. The second kappa shape index (κ2) is 1.65. The van der Waals surface area contributed by atoms with E-state index in [9.17, 15) is 4.79 Å². The fraction of sp³-hybridized carbons (Fsp3) is 0.500. The van der Waals surface area contributed by atoms with Crippen LogP contribution in [0, 0.1) is 0 Å². The summed E-state index contributed by atoms with van der Waals surface area (Å²) in [5, 5.41) is 0. The Bertz CT molecular complexity index is 188. The highest BCUT2D eigenvalue weighted by Crippen LogP contribution is 2.33. The first-order valence-electron chi connectivity index (χ1n) is 3.06. The maximum atomic E-state index is 10.2. The number of carbonyl (C=O) groups is 1. The number of allylic oxidation sites excluding steroid dienone is 1. The summed E-state index contributed by atoms with van der Waals surface area (Å²) in [7, 11) is 0. The Labute approximate surface area is 57.4 Å². The molecule has 2 aliphatic rings. The monoisotopic (exact) mass is 142 g/mol. The van der Waals surface area contributed by atoms with E-state index in [0.717, 1.165) is 6.42 Å². The highest BCUT2D eigenvalue weighted by molar-refractivity contribution is 5.65. The van der Waals surface area contributed by atoms with Crippen LogP contribution in [-0.2, 0) is 14.2 Å². The van der Waals surface area contributed by atoms with Crippen LogP contribution in [0.5, 0.6) is 0 Å². The van der Waals surface area contributed by atoms with Gasteiger partial charge in [-0.15, -0.1) is 0 Å². The lowest BCUT2D eigenvalue weighted by Gasteiger charge is -2.38. The molecular formula is C6H6O4. The van der Waals surface area contributed by atoms with Crippen LogP contribution >= 0.6 is 0 Å². The average molecular weight is 142 g/mol. The molecule has 0 aromatic heterocycles. The van der Waals surface area contributed by atoms with Gasteiger partial charge >= 0.3 is 12.1 Å². The third-order valence-electron chi connectivity index (χ3n) is 1.44. The van der Waals surface area contributed by atoms with Crippen molar-refractivity contribution in [3.05, 3.63) is 12.3 Å². The standard InChI is InChI=1S/C6H6O4/c7-5-9-6(10-5)3-1-2-4-8-6/h2,4H,1,3H2. The second-order valence-corrected chi connectivity index (χ2v) is 2.17. The average Bonchev–Trinajstić information content (AvgIpc) is 1.87. The zero-order valence-corrected chi connectivity index (χ0v) is 5.20. The largest absolute Gasteiger partial charge is 0.520 e. The third kappa shape index (κ3) is 0.650. The fourth-order valence-electron chi connectivity index (χ4n) is 0.951. The van der Waals surface area contributed by atoms with E-state index in [4.69, 9.17) is 4.74 Å². The topological polar surface area (TPSA) is 44.8 Å². The quantitative estimate of drug-likeness (QED) is 0.475. The van der Waals surface area contributed by atoms with Gasteiger partial charge in [-0.2, -0.15) is 0 Å². The van der Waals surface area contributed by atoms with Crippen molar-refractivity contribution in [1.29, 1.82) is 0 Å². The molecule has 0 saturated carbocycles. The van der Waals surface area contributed by atoms with Crippen LogP contribution in [0.3, 0.4) is 0 Å². The van der Waals surface area contributed by atoms with E-state index in [-0.39, 0.29) is 0 Å². The van der Waals surface area contributed by atoms with Crippen molar-refractivity contribution in [1.82, 2.24) is 0 Å². The van der Waals surface area contributed by atoms with Crippen molar-refractivity contribution in [2.24, 2.45) is 0 Å². The van der Waals surface area contributed by atoms with Gasteiger partial charge < -0.3 is 14.2 Å². The number of carbonyl (C=O) groups excluding carboxylic acids is 1. The Morgan fingerprint density at radius 1 is 1.50 bits per heavy atom. The molecule has 2 rings (SSSR count). The van der Waals surface area contributed by atoms with Crippen molar-refractivity contribution in [3.63, 3.8) is 0 Å². The van der Waals surface area contributed by atoms with Crippen molar-refractivity contribution < 1.29 is 19.0 Å². The van der Waals surface area contributed by atoms with E-state index in [1.165, 1.54) is 6.26 Å². The van der Waals surface area contributed by atoms with Gasteiger partial charge in [-0.3, -0.25) is 0 Å². The SMILES string of the molecule is O=C1OC2(CCC=CO2)O1. The minimum Gasteiger partial charge on any atom is -0.429 e. The molecule has 10 heavy (non-hydrogen) atoms. The lowest BCUT2D eigenvalue weighted by molar-refractivity contribution is -0.391. The van der Waals surface area contributed by atoms with Gasteiger partial charge in [0.05, 0.1) is 12.7 Å². The molecule has 1 spiro atoms. The number of hydrogen-bond acceptors (Lipinski definition) is 4. The van der Waals surface area contributed by atoms with E-state index in [1.54, 1.807) is 0 Å². The van der Waals surface area contributed by atoms with Crippen LogP contribution in [0.1, 0.15) is 12.8 Å². The van der Waals surface area contributed by atoms with Gasteiger partial charge in [0.2, 0.25) is 0 Å². The summed E-state index contributed by atoms with van der Waals surface area (Å²) in [6, 6.07) is 0. The lowest BCUT2D eigenvalue weighted by Crippen LogP contribution is -2.51. The molecule has 0 aromatic rings. The normalized spacial score (nSPS) is 26.2. The van der Waals surface area contributed by atoms with Crippen molar-refractivity contribution >= 4 is 6.16 Å². The molecule has 0 N–H and O–H groups in total. The van der Waals surface area contributed by atoms with E-state index in [1.807, 2.05) is 6.08 Å². The van der Waals surface area contributed by atoms with Crippen LogP contribution in [0.4, 0.5) is 4.79 Å². The predicted octanol–water partition coefficient (Wildman–Crippen LogP) is 1.13. The molecule has 2 heterocycles. The molecule has 0 aliphatic carbocycles. The maximum Gasteiger partial charge on any atom is 0.520 e. The third-order valence-corrected chi connectivity index (χ3v) is 1.44. The lowest BCUT2D eigenvalue weighted by atomic mass is 10.2. The van der Waals surface area contributed by atoms with Crippen LogP contribution < -0.4 is 0 Å². The molecule has 0 radical (unpaired) electrons. The predicted molar refractivity (Wildman–Crippen MR) is 29.8 cm³/mol. The first-order chi connectivity index (χ1) is 4.81. The van der Waals surface area contributed by atoms with Crippen LogP contribution in [0.15, 0.2) is 12.3 Å². The van der Waals surface area contributed by atoms with Gasteiger partial charge in [0, 0.05) is 0 Å². The summed E-state index contributed by atoms with van der Waals surface area (Å²) >= 11 is 0. The zero-order valence-electron chi connectivity index (χ0n) is 5.20.